The highest BCUT2D eigenvalue weighted by Crippen LogP contribution is 2.97. The van der Waals surface area contributed by atoms with Crippen molar-refractivity contribution < 1.29 is 8.97 Å². The Morgan fingerprint density at radius 1 is 0.902 bits per heavy atom. The average Bonchev–Trinajstić information content (AvgIpc) is 3.57. The number of fused-ring (bicyclic) bond motifs is 7. The number of hydrogen-bond donors (Lipinski definition) is 0. The third-order valence-electron chi connectivity index (χ3n) is 10.5. The quantitative estimate of drug-likeness (QED) is 0.152. The molecular formula is C35H27N4PS+2. The summed E-state index contributed by atoms with van der Waals surface area (Å²) in [5.74, 6) is 0. The van der Waals surface area contributed by atoms with Crippen LogP contribution in [0.1, 0.15) is 42.4 Å². The Balaban J connectivity index is 1.44. The van der Waals surface area contributed by atoms with Crippen molar-refractivity contribution in [2.45, 2.75) is 47.6 Å². The highest BCUT2D eigenvalue weighted by Gasteiger charge is 2.62. The third-order valence-corrected chi connectivity index (χ3v) is 18.3. The van der Waals surface area contributed by atoms with Gasteiger partial charge in [-0.15, -0.1) is 0 Å². The van der Waals surface area contributed by atoms with E-state index in [-0.39, 0.29) is 0 Å². The van der Waals surface area contributed by atoms with Crippen LogP contribution in [0.5, 0.6) is 0 Å². The van der Waals surface area contributed by atoms with Crippen molar-refractivity contribution >= 4 is 61.3 Å². The lowest BCUT2D eigenvalue weighted by atomic mass is 10.0. The van der Waals surface area contributed by atoms with Gasteiger partial charge in [-0.05, 0) is 87.0 Å². The molecule has 4 unspecified atom stereocenters. The molecule has 8 aromatic rings. The summed E-state index contributed by atoms with van der Waals surface area (Å²) in [6.45, 7) is 8.28. The SMILES string of the molecule is CC[n+]1ccccc1-c1ccc2c3c1-p1c4c5c(cc6c4c4c(cccn41)c1nc4ccccc4[n+]61)C(C)S35C2C. The summed E-state index contributed by atoms with van der Waals surface area (Å²) in [6.07, 6.45) is 4.62. The maximum Gasteiger partial charge on any atom is 0.339 e. The summed E-state index contributed by atoms with van der Waals surface area (Å²) in [7, 11) is -1.80. The normalized spacial score (nSPS) is 23.7. The van der Waals surface area contributed by atoms with E-state index in [1.807, 2.05) is 0 Å². The second-order valence-corrected chi connectivity index (χ2v) is 17.6. The van der Waals surface area contributed by atoms with Gasteiger partial charge in [0.2, 0.25) is 11.2 Å². The molecule has 3 aliphatic heterocycles. The Bertz CT molecular complexity index is 2520. The fourth-order valence-electron chi connectivity index (χ4n) is 8.87. The summed E-state index contributed by atoms with van der Waals surface area (Å²) in [6, 6.07) is 27.4. The summed E-state index contributed by atoms with van der Waals surface area (Å²) < 4.78 is 7.58. The largest absolute Gasteiger partial charge is 0.339 e. The number of aromatic nitrogens is 4. The molecule has 1 spiro atoms. The lowest BCUT2D eigenvalue weighted by molar-refractivity contribution is -0.682. The van der Waals surface area contributed by atoms with Crippen molar-refractivity contribution in [2.24, 2.45) is 0 Å². The molecule has 0 saturated carbocycles. The van der Waals surface area contributed by atoms with Crippen LogP contribution in [0.3, 0.4) is 0 Å². The van der Waals surface area contributed by atoms with Crippen LogP contribution in [-0.4, -0.2) is 9.15 Å². The monoisotopic (exact) mass is 566 g/mol. The maximum absolute atomic E-state index is 5.23. The smallest absolute Gasteiger partial charge is 0.301 e. The minimum atomic E-state index is -1.06. The van der Waals surface area contributed by atoms with Crippen LogP contribution >= 0.6 is 17.7 Å². The third kappa shape index (κ3) is 2.05. The molecular weight excluding hydrogens is 539 g/mol. The van der Waals surface area contributed by atoms with Crippen molar-refractivity contribution in [1.82, 2.24) is 9.15 Å². The molecule has 196 valence electrons. The van der Waals surface area contributed by atoms with Gasteiger partial charge in [-0.2, -0.15) is 19.0 Å². The lowest BCUT2D eigenvalue weighted by Gasteiger charge is -2.67. The topological polar surface area (TPSA) is 25.3 Å². The number of pyridine rings is 3. The minimum Gasteiger partial charge on any atom is -0.301 e. The van der Waals surface area contributed by atoms with E-state index in [0.717, 1.165) is 17.7 Å². The molecule has 5 aromatic heterocycles. The van der Waals surface area contributed by atoms with Gasteiger partial charge >= 0.3 is 5.65 Å². The summed E-state index contributed by atoms with van der Waals surface area (Å²) >= 11 is 0. The number of rotatable bonds is 2. The van der Waals surface area contributed by atoms with E-state index in [0.29, 0.717) is 10.5 Å². The number of aryl methyl sites for hydroxylation is 1. The second-order valence-electron chi connectivity index (χ2n) is 12.0. The van der Waals surface area contributed by atoms with Crippen LogP contribution in [0.2, 0.25) is 0 Å². The molecule has 0 saturated heterocycles. The Morgan fingerprint density at radius 3 is 2.66 bits per heavy atom. The van der Waals surface area contributed by atoms with Crippen LogP contribution < -0.4 is 8.97 Å². The molecule has 0 amide bonds. The van der Waals surface area contributed by atoms with Crippen molar-refractivity contribution in [3.8, 4) is 16.6 Å². The van der Waals surface area contributed by atoms with Gasteiger partial charge in [0.05, 0.1) is 21.9 Å². The molecule has 3 aromatic carbocycles. The number of para-hydroxylation sites is 2. The zero-order valence-electron chi connectivity index (χ0n) is 23.1. The molecule has 0 radical (unpaired) electrons. The zero-order valence-corrected chi connectivity index (χ0v) is 24.8. The van der Waals surface area contributed by atoms with Gasteiger partial charge in [-0.25, -0.2) is 0 Å². The highest BCUT2D eigenvalue weighted by molar-refractivity contribution is 8.36. The minimum absolute atomic E-state index is 0.579. The zero-order chi connectivity index (χ0) is 26.9. The average molecular weight is 567 g/mol. The van der Waals surface area contributed by atoms with Crippen LogP contribution in [0.4, 0.5) is 0 Å². The summed E-state index contributed by atoms with van der Waals surface area (Å²) in [5.41, 5.74) is 12.1. The van der Waals surface area contributed by atoms with E-state index >= 15 is 0 Å². The Labute approximate surface area is 239 Å². The molecule has 8 heterocycles. The number of imidazole rings is 1. The Morgan fingerprint density at radius 2 is 1.76 bits per heavy atom. The Kier molecular flexibility index (Phi) is 3.59. The summed E-state index contributed by atoms with van der Waals surface area (Å²) in [5, 5.41) is 7.25. The van der Waals surface area contributed by atoms with Crippen LogP contribution in [0.25, 0.3) is 60.2 Å². The fraction of sp³-hybridized carbons (Fsp3) is 0.171. The first-order valence-electron chi connectivity index (χ1n) is 14.7. The van der Waals surface area contributed by atoms with Gasteiger partial charge in [0, 0.05) is 49.0 Å². The molecule has 0 aliphatic carbocycles. The van der Waals surface area contributed by atoms with E-state index < -0.39 is 17.7 Å². The second kappa shape index (κ2) is 6.75. The van der Waals surface area contributed by atoms with Gasteiger partial charge < -0.3 is 4.16 Å². The van der Waals surface area contributed by atoms with Crippen LogP contribution in [0, 0.1) is 0 Å². The standard InChI is InChI=1S/C35H27N4PS/c1-4-37-16-8-7-12-26(37)22-15-14-21-19(2)41-20(3)24-18-28-29-30-23(35-36-25-11-5-6-13-27(25)39(28)35)10-9-17-38(30)40(31(22)33(21)41)32(29)34(24)41/h5-20H,4H2,1-3H3/q+2. The fourth-order valence-corrected chi connectivity index (χ4v) is 18.2. The molecule has 0 bridgehead atoms. The van der Waals surface area contributed by atoms with Gasteiger partial charge in [-0.3, -0.25) is 0 Å². The van der Waals surface area contributed by atoms with E-state index in [1.54, 1.807) is 31.3 Å². The van der Waals surface area contributed by atoms with Crippen molar-refractivity contribution in [1.29, 1.82) is 0 Å². The first kappa shape index (κ1) is 21.8. The van der Waals surface area contributed by atoms with Crippen molar-refractivity contribution in [3.63, 3.8) is 0 Å². The molecule has 4 nitrogen and oxygen atoms in total. The van der Waals surface area contributed by atoms with Crippen LogP contribution in [0.15, 0.2) is 95.0 Å². The van der Waals surface area contributed by atoms with Crippen molar-refractivity contribution in [2.75, 3.05) is 0 Å². The highest BCUT2D eigenvalue weighted by atomic mass is 32.3. The first-order valence-corrected chi connectivity index (χ1v) is 17.7. The number of benzene rings is 3. The molecule has 0 N–H and O–H groups in total. The predicted octanol–water partition coefficient (Wildman–Crippen LogP) is 8.61. The van der Waals surface area contributed by atoms with Crippen LogP contribution in [-0.2, 0) is 6.54 Å². The van der Waals surface area contributed by atoms with E-state index in [9.17, 15) is 0 Å². The Hall–Kier alpha value is -3.92. The molecule has 41 heavy (non-hydrogen) atoms. The van der Waals surface area contributed by atoms with E-state index in [1.165, 1.54) is 38.6 Å². The van der Waals surface area contributed by atoms with Gasteiger partial charge in [0.15, 0.2) is 11.7 Å². The molecule has 0 fully saturated rings. The first-order chi connectivity index (χ1) is 20.2. The molecule has 11 rings (SSSR count). The van der Waals surface area contributed by atoms with Gasteiger partial charge in [0.25, 0.3) is 0 Å². The number of nitrogens with zero attached hydrogens (tertiary/aromatic N) is 4. The van der Waals surface area contributed by atoms with E-state index in [2.05, 4.69) is 119 Å². The lowest BCUT2D eigenvalue weighted by Crippen LogP contribution is -2.37. The predicted molar refractivity (Wildman–Crippen MR) is 168 cm³/mol. The molecule has 4 atom stereocenters. The summed E-state index contributed by atoms with van der Waals surface area (Å²) in [4.78, 5) is 8.72. The number of hydrogen-bond acceptors (Lipinski definition) is 1. The molecule has 6 heteroatoms. The maximum atomic E-state index is 5.23. The van der Waals surface area contributed by atoms with E-state index in [4.69, 9.17) is 4.98 Å². The molecule has 3 aliphatic rings. The van der Waals surface area contributed by atoms with Gasteiger partial charge in [0.1, 0.15) is 12.1 Å². The van der Waals surface area contributed by atoms with Gasteiger partial charge in [-0.1, -0.05) is 18.2 Å². The van der Waals surface area contributed by atoms with Crippen molar-refractivity contribution in [3.05, 3.63) is 96.3 Å².